The van der Waals surface area contributed by atoms with Gasteiger partial charge >= 0.3 is 0 Å². The Bertz CT molecular complexity index is 925. The van der Waals surface area contributed by atoms with Crippen LogP contribution in [0.2, 0.25) is 0 Å². The molecule has 1 N–H and O–H groups in total. The second-order valence-electron chi connectivity index (χ2n) is 7.64. The zero-order valence-electron chi connectivity index (χ0n) is 16.1. The number of rotatable bonds is 5. The summed E-state index contributed by atoms with van der Waals surface area (Å²) in [5.74, 6) is -0.0254. The highest BCUT2D eigenvalue weighted by Gasteiger charge is 2.36. The molecule has 6 heteroatoms. The molecule has 0 bridgehead atoms. The van der Waals surface area contributed by atoms with Crippen LogP contribution in [0.5, 0.6) is 0 Å². The van der Waals surface area contributed by atoms with Crippen molar-refractivity contribution in [1.29, 1.82) is 0 Å². The first-order valence-corrected chi connectivity index (χ1v) is 9.70. The van der Waals surface area contributed by atoms with Crippen molar-refractivity contribution in [3.63, 3.8) is 0 Å². The number of nitrogens with one attached hydrogen (secondary N) is 1. The van der Waals surface area contributed by atoms with Crippen LogP contribution in [0.25, 0.3) is 5.52 Å². The molecule has 146 valence electrons. The van der Waals surface area contributed by atoms with Gasteiger partial charge in [0.2, 0.25) is 0 Å². The molecule has 0 radical (unpaired) electrons. The number of amides is 1. The average molecular weight is 380 g/mol. The molecule has 1 aliphatic rings. The molecule has 1 amide bonds. The number of hydrogen-bond acceptors (Lipinski definition) is 3. The molecule has 0 atom stereocenters. The Hall–Kier alpha value is -2.73. The second-order valence-corrected chi connectivity index (χ2v) is 7.64. The van der Waals surface area contributed by atoms with Crippen molar-refractivity contribution in [1.82, 2.24) is 19.6 Å². The third-order valence-electron chi connectivity index (χ3n) is 5.42. The minimum Gasteiger partial charge on any atom is -0.338 e. The van der Waals surface area contributed by atoms with Crippen LogP contribution >= 0.6 is 0 Å². The molecule has 1 fully saturated rings. The van der Waals surface area contributed by atoms with Gasteiger partial charge in [0.15, 0.2) is 0 Å². The predicted molar refractivity (Wildman–Crippen MR) is 107 cm³/mol. The Morgan fingerprint density at radius 3 is 2.79 bits per heavy atom. The molecular weight excluding hydrogens is 355 g/mol. The number of piperidine rings is 1. The SMILES string of the molecule is Cc1ccc(CNCC2(F)CCN(C(=O)c3cc4ccccn4c3)CC2)nc1. The molecule has 1 saturated heterocycles. The van der Waals surface area contributed by atoms with Gasteiger partial charge in [-0.15, -0.1) is 0 Å². The predicted octanol–water partition coefficient (Wildman–Crippen LogP) is 3.38. The fourth-order valence-corrected chi connectivity index (χ4v) is 3.66. The normalized spacial score (nSPS) is 16.4. The molecule has 3 aromatic rings. The quantitative estimate of drug-likeness (QED) is 0.738. The Morgan fingerprint density at radius 1 is 1.25 bits per heavy atom. The van der Waals surface area contributed by atoms with E-state index in [0.717, 1.165) is 16.8 Å². The minimum atomic E-state index is -1.28. The van der Waals surface area contributed by atoms with E-state index in [9.17, 15) is 4.79 Å². The molecule has 0 spiro atoms. The van der Waals surface area contributed by atoms with Crippen LogP contribution in [0, 0.1) is 6.92 Å². The van der Waals surface area contributed by atoms with Crippen molar-refractivity contribution >= 4 is 11.4 Å². The van der Waals surface area contributed by atoms with Crippen LogP contribution in [-0.2, 0) is 6.54 Å². The van der Waals surface area contributed by atoms with Gasteiger partial charge in [-0.1, -0.05) is 12.1 Å². The van der Waals surface area contributed by atoms with Gasteiger partial charge < -0.3 is 14.6 Å². The third kappa shape index (κ3) is 4.07. The first-order chi connectivity index (χ1) is 13.5. The van der Waals surface area contributed by atoms with Crippen molar-refractivity contribution in [3.8, 4) is 0 Å². The summed E-state index contributed by atoms with van der Waals surface area (Å²) < 4.78 is 17.1. The van der Waals surface area contributed by atoms with E-state index in [1.165, 1.54) is 0 Å². The summed E-state index contributed by atoms with van der Waals surface area (Å²) in [6.45, 7) is 3.69. The van der Waals surface area contributed by atoms with Crippen LogP contribution in [0.15, 0.2) is 55.0 Å². The number of aromatic nitrogens is 2. The number of likely N-dealkylation sites (tertiary alicyclic amines) is 1. The standard InChI is InChI=1S/C22H25FN4O/c1-17-5-6-19(25-13-17)14-24-16-22(23)7-10-26(11-8-22)21(28)18-12-20-4-2-3-9-27(20)15-18/h2-6,9,12-13,15,24H,7-8,10-11,14,16H2,1H3. The highest BCUT2D eigenvalue weighted by molar-refractivity contribution is 5.95. The number of hydrogen-bond donors (Lipinski definition) is 1. The van der Waals surface area contributed by atoms with Crippen LogP contribution in [0.4, 0.5) is 4.39 Å². The number of pyridine rings is 2. The topological polar surface area (TPSA) is 49.6 Å². The van der Waals surface area contributed by atoms with E-state index in [4.69, 9.17) is 0 Å². The maximum atomic E-state index is 15.1. The molecule has 1 aliphatic heterocycles. The smallest absolute Gasteiger partial charge is 0.255 e. The number of carbonyl (C=O) groups is 1. The molecule has 0 saturated carbocycles. The van der Waals surface area contributed by atoms with Crippen molar-refractivity contribution in [2.24, 2.45) is 0 Å². The molecule has 5 nitrogen and oxygen atoms in total. The van der Waals surface area contributed by atoms with E-state index >= 15 is 4.39 Å². The average Bonchev–Trinajstić information content (AvgIpc) is 3.14. The zero-order chi connectivity index (χ0) is 19.6. The highest BCUT2D eigenvalue weighted by Crippen LogP contribution is 2.27. The van der Waals surface area contributed by atoms with Crippen LogP contribution in [-0.4, -0.2) is 45.5 Å². The number of alkyl halides is 1. The zero-order valence-corrected chi connectivity index (χ0v) is 16.1. The summed E-state index contributed by atoms with van der Waals surface area (Å²) in [4.78, 5) is 18.9. The Balaban J connectivity index is 1.30. The minimum absolute atomic E-state index is 0.0254. The van der Waals surface area contributed by atoms with Crippen molar-refractivity contribution < 1.29 is 9.18 Å². The summed E-state index contributed by atoms with van der Waals surface area (Å²) in [6.07, 6.45) is 6.27. The summed E-state index contributed by atoms with van der Waals surface area (Å²) in [5, 5.41) is 3.18. The number of fused-ring (bicyclic) bond motifs is 1. The first-order valence-electron chi connectivity index (χ1n) is 9.70. The molecule has 4 rings (SSSR count). The van der Waals surface area contributed by atoms with Gasteiger partial charge in [0.1, 0.15) is 5.67 Å². The van der Waals surface area contributed by atoms with Gasteiger partial charge in [0.25, 0.3) is 5.91 Å². The maximum Gasteiger partial charge on any atom is 0.255 e. The molecule has 0 aromatic carbocycles. The molecule has 0 unspecified atom stereocenters. The lowest BCUT2D eigenvalue weighted by Crippen LogP contribution is -2.48. The third-order valence-corrected chi connectivity index (χ3v) is 5.42. The van der Waals surface area contributed by atoms with Gasteiger partial charge in [-0.2, -0.15) is 0 Å². The summed E-state index contributed by atoms with van der Waals surface area (Å²) in [5.41, 5.74) is 2.37. The Labute approximate surface area is 164 Å². The number of carbonyl (C=O) groups excluding carboxylic acids is 1. The monoisotopic (exact) mass is 380 g/mol. The molecule has 0 aliphatic carbocycles. The lowest BCUT2D eigenvalue weighted by molar-refractivity contribution is 0.0434. The van der Waals surface area contributed by atoms with Gasteiger partial charge in [0.05, 0.1) is 11.3 Å². The lowest BCUT2D eigenvalue weighted by atomic mass is 9.93. The van der Waals surface area contributed by atoms with E-state index in [2.05, 4.69) is 10.3 Å². The highest BCUT2D eigenvalue weighted by atomic mass is 19.1. The van der Waals surface area contributed by atoms with Crippen molar-refractivity contribution in [2.75, 3.05) is 19.6 Å². The number of aryl methyl sites for hydroxylation is 1. The van der Waals surface area contributed by atoms with Crippen LogP contribution in [0.1, 0.15) is 34.5 Å². The molecule has 28 heavy (non-hydrogen) atoms. The maximum absolute atomic E-state index is 15.1. The van der Waals surface area contributed by atoms with Crippen LogP contribution in [0.3, 0.4) is 0 Å². The second kappa shape index (κ2) is 7.72. The number of halogens is 1. The van der Waals surface area contributed by atoms with E-state index in [0.29, 0.717) is 38.0 Å². The molecule has 3 aromatic heterocycles. The van der Waals surface area contributed by atoms with E-state index < -0.39 is 5.67 Å². The van der Waals surface area contributed by atoms with Crippen molar-refractivity contribution in [2.45, 2.75) is 32.0 Å². The fraction of sp³-hybridized carbons (Fsp3) is 0.364. The van der Waals surface area contributed by atoms with Gasteiger partial charge in [-0.05, 0) is 36.8 Å². The number of nitrogens with zero attached hydrogens (tertiary/aromatic N) is 3. The van der Waals surface area contributed by atoms with E-state index in [-0.39, 0.29) is 12.5 Å². The largest absolute Gasteiger partial charge is 0.338 e. The van der Waals surface area contributed by atoms with E-state index in [1.807, 2.05) is 66.3 Å². The first kappa shape index (κ1) is 18.6. The Morgan fingerprint density at radius 2 is 2.07 bits per heavy atom. The Kier molecular flexibility index (Phi) is 5.13. The van der Waals surface area contributed by atoms with Gasteiger partial charge in [0, 0.05) is 63.1 Å². The molecule has 4 heterocycles. The summed E-state index contributed by atoms with van der Waals surface area (Å²) in [7, 11) is 0. The summed E-state index contributed by atoms with van der Waals surface area (Å²) >= 11 is 0. The van der Waals surface area contributed by atoms with E-state index in [1.54, 1.807) is 4.90 Å². The van der Waals surface area contributed by atoms with Crippen molar-refractivity contribution in [3.05, 3.63) is 71.8 Å². The fourth-order valence-electron chi connectivity index (χ4n) is 3.66. The van der Waals surface area contributed by atoms with Gasteiger partial charge in [-0.3, -0.25) is 9.78 Å². The van der Waals surface area contributed by atoms with Gasteiger partial charge in [-0.25, -0.2) is 4.39 Å². The molecular formula is C22H25FN4O. The lowest BCUT2D eigenvalue weighted by Gasteiger charge is -2.36. The summed E-state index contributed by atoms with van der Waals surface area (Å²) in [6, 6.07) is 11.7. The van der Waals surface area contributed by atoms with Crippen LogP contribution < -0.4 is 5.32 Å².